The highest BCUT2D eigenvalue weighted by atomic mass is 35.5. The summed E-state index contributed by atoms with van der Waals surface area (Å²) in [6.07, 6.45) is 0.822. The first-order valence-electron chi connectivity index (χ1n) is 4.28. The molecule has 0 spiro atoms. The summed E-state index contributed by atoms with van der Waals surface area (Å²) in [5, 5.41) is 0.674. The van der Waals surface area contributed by atoms with Gasteiger partial charge in [-0.15, -0.1) is 0 Å². The van der Waals surface area contributed by atoms with Crippen molar-refractivity contribution in [1.29, 1.82) is 0 Å². The Labute approximate surface area is 82.6 Å². The lowest BCUT2D eigenvalue weighted by molar-refractivity contribution is 0.204. The maximum absolute atomic E-state index is 5.97. The van der Waals surface area contributed by atoms with Gasteiger partial charge in [-0.1, -0.05) is 23.7 Å². The Morgan fingerprint density at radius 3 is 3.08 bits per heavy atom. The summed E-state index contributed by atoms with van der Waals surface area (Å²) in [6, 6.07) is 5.76. The van der Waals surface area contributed by atoms with Gasteiger partial charge >= 0.3 is 0 Å². The number of fused-ring (bicyclic) bond motifs is 1. The molecule has 1 aromatic rings. The van der Waals surface area contributed by atoms with Crippen LogP contribution in [0.5, 0.6) is 5.75 Å². The predicted octanol–water partition coefficient (Wildman–Crippen LogP) is 1.99. The fraction of sp³-hybridized carbons (Fsp3) is 0.400. The molecular formula is C10H12ClNO. The molecule has 0 aromatic heterocycles. The minimum atomic E-state index is -0.266. The quantitative estimate of drug-likeness (QED) is 0.691. The number of benzene rings is 1. The Kier molecular flexibility index (Phi) is 1.97. The highest BCUT2D eigenvalue weighted by Gasteiger charge is 2.27. The van der Waals surface area contributed by atoms with Crippen LogP contribution in [-0.4, -0.2) is 12.1 Å². The first kappa shape index (κ1) is 8.85. The van der Waals surface area contributed by atoms with Gasteiger partial charge in [-0.25, -0.2) is 0 Å². The number of para-hydroxylation sites is 1. The number of ether oxygens (including phenoxy) is 1. The average Bonchev–Trinajstić information content (AvgIpc) is 2.02. The van der Waals surface area contributed by atoms with Crippen molar-refractivity contribution < 1.29 is 4.74 Å². The third kappa shape index (κ3) is 1.64. The second-order valence-corrected chi connectivity index (χ2v) is 4.25. The SMILES string of the molecule is CC1(N)COc2c(Cl)cccc2C1. The van der Waals surface area contributed by atoms with E-state index in [2.05, 4.69) is 0 Å². The largest absolute Gasteiger partial charge is 0.490 e. The summed E-state index contributed by atoms with van der Waals surface area (Å²) in [5.41, 5.74) is 6.81. The molecule has 70 valence electrons. The van der Waals surface area contributed by atoms with Crippen LogP contribution in [0.3, 0.4) is 0 Å². The topological polar surface area (TPSA) is 35.2 Å². The standard InChI is InChI=1S/C10H12ClNO/c1-10(12)5-7-3-2-4-8(11)9(7)13-6-10/h2-4H,5-6,12H2,1H3. The monoisotopic (exact) mass is 197 g/mol. The van der Waals surface area contributed by atoms with Crippen molar-refractivity contribution in [3.8, 4) is 5.75 Å². The van der Waals surface area contributed by atoms with Crippen LogP contribution in [-0.2, 0) is 6.42 Å². The molecule has 1 unspecified atom stereocenters. The molecule has 0 aliphatic carbocycles. The maximum atomic E-state index is 5.97. The number of hydrogen-bond acceptors (Lipinski definition) is 2. The van der Waals surface area contributed by atoms with E-state index in [4.69, 9.17) is 22.1 Å². The van der Waals surface area contributed by atoms with E-state index in [9.17, 15) is 0 Å². The Morgan fingerprint density at radius 1 is 1.54 bits per heavy atom. The highest BCUT2D eigenvalue weighted by molar-refractivity contribution is 6.32. The molecule has 0 saturated heterocycles. The number of rotatable bonds is 0. The van der Waals surface area contributed by atoms with E-state index in [1.807, 2.05) is 25.1 Å². The van der Waals surface area contributed by atoms with Crippen LogP contribution in [0, 0.1) is 0 Å². The molecule has 13 heavy (non-hydrogen) atoms. The molecule has 3 heteroatoms. The fourth-order valence-electron chi connectivity index (χ4n) is 1.58. The Morgan fingerprint density at radius 2 is 2.31 bits per heavy atom. The highest BCUT2D eigenvalue weighted by Crippen LogP contribution is 2.34. The minimum absolute atomic E-state index is 0.266. The van der Waals surface area contributed by atoms with E-state index in [1.54, 1.807) is 0 Å². The minimum Gasteiger partial charge on any atom is -0.490 e. The summed E-state index contributed by atoms with van der Waals surface area (Å²) in [6.45, 7) is 2.51. The van der Waals surface area contributed by atoms with E-state index in [-0.39, 0.29) is 5.54 Å². The van der Waals surface area contributed by atoms with Gasteiger partial charge in [-0.2, -0.15) is 0 Å². The molecule has 1 aliphatic heterocycles. The van der Waals surface area contributed by atoms with Crippen LogP contribution < -0.4 is 10.5 Å². The van der Waals surface area contributed by atoms with Gasteiger partial charge in [0, 0.05) is 0 Å². The van der Waals surface area contributed by atoms with Crippen molar-refractivity contribution in [3.63, 3.8) is 0 Å². The van der Waals surface area contributed by atoms with E-state index in [0.717, 1.165) is 17.7 Å². The third-order valence-corrected chi connectivity index (χ3v) is 2.49. The van der Waals surface area contributed by atoms with Crippen molar-refractivity contribution >= 4 is 11.6 Å². The zero-order chi connectivity index (χ0) is 9.47. The van der Waals surface area contributed by atoms with Gasteiger partial charge in [0.25, 0.3) is 0 Å². The molecule has 1 heterocycles. The van der Waals surface area contributed by atoms with Crippen molar-refractivity contribution in [2.45, 2.75) is 18.9 Å². The smallest absolute Gasteiger partial charge is 0.141 e. The summed E-state index contributed by atoms with van der Waals surface area (Å²) in [4.78, 5) is 0. The van der Waals surface area contributed by atoms with Gasteiger partial charge in [0.05, 0.1) is 10.6 Å². The van der Waals surface area contributed by atoms with Crippen LogP contribution >= 0.6 is 11.6 Å². The first-order chi connectivity index (χ1) is 6.08. The fourth-order valence-corrected chi connectivity index (χ4v) is 1.83. The predicted molar refractivity (Wildman–Crippen MR) is 53.2 cm³/mol. The van der Waals surface area contributed by atoms with Crippen LogP contribution in [0.4, 0.5) is 0 Å². The molecule has 0 amide bonds. The van der Waals surface area contributed by atoms with Crippen molar-refractivity contribution in [2.75, 3.05) is 6.61 Å². The maximum Gasteiger partial charge on any atom is 0.141 e. The molecule has 2 nitrogen and oxygen atoms in total. The molecule has 1 aromatic carbocycles. The van der Waals surface area contributed by atoms with Gasteiger partial charge in [0.1, 0.15) is 12.4 Å². The lowest BCUT2D eigenvalue weighted by Gasteiger charge is -2.31. The molecule has 2 N–H and O–H groups in total. The summed E-state index contributed by atoms with van der Waals surface area (Å²) < 4.78 is 5.51. The van der Waals surface area contributed by atoms with Gasteiger partial charge < -0.3 is 10.5 Å². The van der Waals surface area contributed by atoms with Crippen LogP contribution in [0.25, 0.3) is 0 Å². The lowest BCUT2D eigenvalue weighted by atomic mass is 9.92. The molecule has 0 radical (unpaired) electrons. The van der Waals surface area contributed by atoms with Gasteiger partial charge in [-0.05, 0) is 25.0 Å². The molecule has 0 bridgehead atoms. The zero-order valence-corrected chi connectivity index (χ0v) is 8.27. The second kappa shape index (κ2) is 2.89. The molecule has 2 rings (SSSR count). The van der Waals surface area contributed by atoms with E-state index in [1.165, 1.54) is 0 Å². The molecule has 1 atom stereocenters. The van der Waals surface area contributed by atoms with Crippen molar-refractivity contribution in [2.24, 2.45) is 5.73 Å². The number of halogens is 1. The van der Waals surface area contributed by atoms with Gasteiger partial charge in [0.2, 0.25) is 0 Å². The summed E-state index contributed by atoms with van der Waals surface area (Å²) >= 11 is 5.97. The lowest BCUT2D eigenvalue weighted by Crippen LogP contribution is -2.47. The number of hydrogen-bond donors (Lipinski definition) is 1. The van der Waals surface area contributed by atoms with Crippen molar-refractivity contribution in [3.05, 3.63) is 28.8 Å². The Balaban J connectivity index is 2.42. The van der Waals surface area contributed by atoms with Gasteiger partial charge in [-0.3, -0.25) is 0 Å². The first-order valence-corrected chi connectivity index (χ1v) is 4.65. The van der Waals surface area contributed by atoms with E-state index < -0.39 is 0 Å². The second-order valence-electron chi connectivity index (χ2n) is 3.85. The molecule has 1 aliphatic rings. The normalized spacial score (nSPS) is 26.4. The Hall–Kier alpha value is -0.730. The summed E-state index contributed by atoms with van der Waals surface area (Å²) in [7, 11) is 0. The van der Waals surface area contributed by atoms with Crippen LogP contribution in [0.15, 0.2) is 18.2 Å². The number of nitrogens with two attached hydrogens (primary N) is 1. The van der Waals surface area contributed by atoms with E-state index >= 15 is 0 Å². The molecular weight excluding hydrogens is 186 g/mol. The molecule has 0 saturated carbocycles. The average molecular weight is 198 g/mol. The van der Waals surface area contributed by atoms with Crippen LogP contribution in [0.1, 0.15) is 12.5 Å². The molecule has 0 fully saturated rings. The Bertz CT molecular complexity index is 336. The van der Waals surface area contributed by atoms with Gasteiger partial charge in [0.15, 0.2) is 0 Å². The third-order valence-electron chi connectivity index (χ3n) is 2.19. The zero-order valence-electron chi connectivity index (χ0n) is 7.51. The van der Waals surface area contributed by atoms with E-state index in [0.29, 0.717) is 11.6 Å². The van der Waals surface area contributed by atoms with Crippen molar-refractivity contribution in [1.82, 2.24) is 0 Å². The van der Waals surface area contributed by atoms with Crippen LogP contribution in [0.2, 0.25) is 5.02 Å². The summed E-state index contributed by atoms with van der Waals surface area (Å²) in [5.74, 6) is 0.798.